The zero-order valence-corrected chi connectivity index (χ0v) is 14.8. The van der Waals surface area contributed by atoms with Gasteiger partial charge < -0.3 is 9.88 Å². The van der Waals surface area contributed by atoms with E-state index in [1.54, 1.807) is 6.20 Å². The predicted octanol–water partition coefficient (Wildman–Crippen LogP) is 2.41. The molecule has 1 unspecified atom stereocenters. The number of aromatic nitrogens is 4. The highest BCUT2D eigenvalue weighted by Gasteiger charge is 2.21. The van der Waals surface area contributed by atoms with Crippen molar-refractivity contribution in [2.75, 3.05) is 5.32 Å². The molecule has 1 aromatic carbocycles. The van der Waals surface area contributed by atoms with Crippen LogP contribution >= 0.6 is 11.8 Å². The number of hydrogen-bond acceptors (Lipinski definition) is 4. The number of rotatable bonds is 6. The lowest BCUT2D eigenvalue weighted by Gasteiger charge is -2.13. The third-order valence-corrected chi connectivity index (χ3v) is 5.12. The zero-order valence-electron chi connectivity index (χ0n) is 14.0. The molecule has 0 fully saturated rings. The van der Waals surface area contributed by atoms with E-state index >= 15 is 0 Å². The van der Waals surface area contributed by atoms with Crippen LogP contribution in [0.25, 0.3) is 5.69 Å². The minimum absolute atomic E-state index is 0.169. The fourth-order valence-corrected chi connectivity index (χ4v) is 3.29. The number of anilines is 1. The maximum absolute atomic E-state index is 12.5. The normalized spacial score (nSPS) is 12.1. The van der Waals surface area contributed by atoms with Crippen molar-refractivity contribution in [1.29, 1.82) is 0 Å². The second kappa shape index (κ2) is 7.43. The number of nitrogens with one attached hydrogen (secondary N) is 2. The van der Waals surface area contributed by atoms with E-state index in [-0.39, 0.29) is 16.7 Å². The van der Waals surface area contributed by atoms with E-state index in [0.717, 1.165) is 5.16 Å². The molecule has 2 aromatic heterocycles. The molecule has 0 saturated heterocycles. The van der Waals surface area contributed by atoms with Gasteiger partial charge in [-0.3, -0.25) is 14.7 Å². The van der Waals surface area contributed by atoms with Gasteiger partial charge in [-0.25, -0.2) is 9.67 Å². The molecule has 8 heteroatoms. The van der Waals surface area contributed by atoms with Gasteiger partial charge in [-0.2, -0.15) is 0 Å². The Kier molecular flexibility index (Phi) is 5.08. The summed E-state index contributed by atoms with van der Waals surface area (Å²) in [5, 5.41) is 6.18. The summed E-state index contributed by atoms with van der Waals surface area (Å²) in [5.74, 6) is 0.203. The summed E-state index contributed by atoms with van der Waals surface area (Å²) in [5.41, 5.74) is 0.480. The highest BCUT2D eigenvalue weighted by Crippen LogP contribution is 2.24. The van der Waals surface area contributed by atoms with Crippen LogP contribution in [0.4, 0.5) is 5.82 Å². The van der Waals surface area contributed by atoms with Crippen LogP contribution in [0.3, 0.4) is 0 Å². The molecule has 0 aliphatic heterocycles. The summed E-state index contributed by atoms with van der Waals surface area (Å²) in [6.07, 6.45) is 4.18. The topological polar surface area (TPSA) is 84.7 Å². The Bertz CT molecular complexity index is 913. The summed E-state index contributed by atoms with van der Waals surface area (Å²) in [6.45, 7) is 1.94. The van der Waals surface area contributed by atoms with Gasteiger partial charge in [0.1, 0.15) is 5.82 Å². The number of para-hydroxylation sites is 1. The minimum Gasteiger partial charge on any atom is -0.329 e. The van der Waals surface area contributed by atoms with Crippen LogP contribution in [0.1, 0.15) is 13.3 Å². The summed E-state index contributed by atoms with van der Waals surface area (Å²) < 4.78 is 3.26. The van der Waals surface area contributed by atoms with Crippen LogP contribution in [0, 0.1) is 0 Å². The van der Waals surface area contributed by atoms with Gasteiger partial charge in [0, 0.05) is 25.5 Å². The predicted molar refractivity (Wildman–Crippen MR) is 98.2 cm³/mol. The number of imidazole rings is 1. The summed E-state index contributed by atoms with van der Waals surface area (Å²) in [6, 6.07) is 10.6. The smallest absolute Gasteiger partial charge is 0.273 e. The molecular formula is C17H19N5O2S. The number of hydrogen-bond donors (Lipinski definition) is 2. The maximum atomic E-state index is 12.5. The van der Waals surface area contributed by atoms with Crippen LogP contribution in [0.5, 0.6) is 0 Å². The molecule has 1 atom stereocenters. The van der Waals surface area contributed by atoms with E-state index in [1.807, 2.05) is 55.1 Å². The number of aromatic amines is 1. The first-order valence-corrected chi connectivity index (χ1v) is 8.78. The minimum atomic E-state index is -0.301. The van der Waals surface area contributed by atoms with Crippen LogP contribution < -0.4 is 10.9 Å². The molecule has 130 valence electrons. The van der Waals surface area contributed by atoms with Crippen molar-refractivity contribution in [3.63, 3.8) is 0 Å². The second-order valence-corrected chi connectivity index (χ2v) is 6.67. The third kappa shape index (κ3) is 3.85. The monoisotopic (exact) mass is 357 g/mol. The first-order chi connectivity index (χ1) is 12.1. The van der Waals surface area contributed by atoms with Gasteiger partial charge >= 0.3 is 0 Å². The number of thioether (sulfide) groups is 1. The Balaban J connectivity index is 1.74. The Morgan fingerprint density at radius 2 is 2.12 bits per heavy atom. The van der Waals surface area contributed by atoms with Crippen molar-refractivity contribution < 1.29 is 4.79 Å². The summed E-state index contributed by atoms with van der Waals surface area (Å²) in [7, 11) is 1.89. The van der Waals surface area contributed by atoms with Gasteiger partial charge in [-0.05, 0) is 18.6 Å². The molecule has 1 amide bonds. The summed E-state index contributed by atoms with van der Waals surface area (Å²) >= 11 is 1.40. The number of carbonyl (C=O) groups excluding carboxylic acids is 1. The number of amides is 1. The number of H-pyrrole nitrogens is 1. The molecule has 3 rings (SSSR count). The fourth-order valence-electron chi connectivity index (χ4n) is 2.36. The lowest BCUT2D eigenvalue weighted by atomic mass is 10.3. The molecule has 0 radical (unpaired) electrons. The maximum Gasteiger partial charge on any atom is 0.273 e. The fraction of sp³-hybridized carbons (Fsp3) is 0.235. The molecule has 0 aliphatic rings. The van der Waals surface area contributed by atoms with Gasteiger partial charge in [0.05, 0.1) is 10.9 Å². The average molecular weight is 357 g/mol. The molecule has 0 saturated carbocycles. The molecule has 3 aromatic rings. The van der Waals surface area contributed by atoms with Gasteiger partial charge in [0.25, 0.3) is 5.56 Å². The number of aryl methyl sites for hydroxylation is 1. The van der Waals surface area contributed by atoms with E-state index < -0.39 is 0 Å². The lowest BCUT2D eigenvalue weighted by molar-refractivity contribution is -0.115. The molecular weight excluding hydrogens is 338 g/mol. The largest absolute Gasteiger partial charge is 0.329 e. The van der Waals surface area contributed by atoms with Crippen molar-refractivity contribution in [2.24, 2.45) is 7.05 Å². The van der Waals surface area contributed by atoms with Crippen LogP contribution in [0.15, 0.2) is 58.7 Å². The van der Waals surface area contributed by atoms with Crippen molar-refractivity contribution in [3.8, 4) is 5.69 Å². The van der Waals surface area contributed by atoms with Crippen LogP contribution in [0.2, 0.25) is 0 Å². The molecule has 2 N–H and O–H groups in total. The number of benzene rings is 1. The third-order valence-electron chi connectivity index (χ3n) is 3.68. The van der Waals surface area contributed by atoms with E-state index in [4.69, 9.17) is 0 Å². The Hall–Kier alpha value is -2.74. The number of carbonyl (C=O) groups is 1. The SMILES string of the molecule is CCC(Sc1nccn1C)C(=O)Nc1cc(=O)n(-c2ccccc2)[nH]1. The van der Waals surface area contributed by atoms with Crippen molar-refractivity contribution in [2.45, 2.75) is 23.8 Å². The van der Waals surface area contributed by atoms with Crippen LogP contribution in [-0.2, 0) is 11.8 Å². The van der Waals surface area contributed by atoms with E-state index in [1.165, 1.54) is 22.5 Å². The van der Waals surface area contributed by atoms with Gasteiger partial charge in [0.2, 0.25) is 5.91 Å². The summed E-state index contributed by atoms with van der Waals surface area (Å²) in [4.78, 5) is 28.9. The first kappa shape index (κ1) is 17.1. The van der Waals surface area contributed by atoms with Crippen LogP contribution in [-0.4, -0.2) is 30.5 Å². The van der Waals surface area contributed by atoms with E-state index in [2.05, 4.69) is 15.4 Å². The lowest BCUT2D eigenvalue weighted by Crippen LogP contribution is -2.25. The molecule has 0 bridgehead atoms. The zero-order chi connectivity index (χ0) is 17.8. The van der Waals surface area contributed by atoms with Gasteiger partial charge in [-0.1, -0.05) is 36.9 Å². The molecule has 0 spiro atoms. The molecule has 7 nitrogen and oxygen atoms in total. The van der Waals surface area contributed by atoms with Crippen molar-refractivity contribution >= 4 is 23.5 Å². The quantitative estimate of drug-likeness (QED) is 0.664. The highest BCUT2D eigenvalue weighted by molar-refractivity contribution is 8.00. The van der Waals surface area contributed by atoms with E-state index in [0.29, 0.717) is 17.9 Å². The van der Waals surface area contributed by atoms with Crippen molar-refractivity contribution in [3.05, 3.63) is 59.1 Å². The Morgan fingerprint density at radius 3 is 2.76 bits per heavy atom. The highest BCUT2D eigenvalue weighted by atomic mass is 32.2. The number of nitrogens with zero attached hydrogens (tertiary/aromatic N) is 3. The Morgan fingerprint density at radius 1 is 1.36 bits per heavy atom. The Labute approximate surface area is 149 Å². The molecule has 0 aliphatic carbocycles. The van der Waals surface area contributed by atoms with Crippen molar-refractivity contribution in [1.82, 2.24) is 19.3 Å². The second-order valence-electron chi connectivity index (χ2n) is 5.50. The van der Waals surface area contributed by atoms with Gasteiger partial charge in [-0.15, -0.1) is 0 Å². The molecule has 25 heavy (non-hydrogen) atoms. The molecule has 2 heterocycles. The average Bonchev–Trinajstić information content (AvgIpc) is 3.18. The first-order valence-electron chi connectivity index (χ1n) is 7.91. The standard InChI is InChI=1S/C17H19N5O2S/c1-3-13(25-17-18-9-10-21(17)2)16(24)19-14-11-15(23)22(20-14)12-7-5-4-6-8-12/h4-11,13,20H,3H2,1-2H3,(H,19,24). The van der Waals surface area contributed by atoms with E-state index in [9.17, 15) is 9.59 Å². The van der Waals surface area contributed by atoms with Gasteiger partial charge in [0.15, 0.2) is 5.16 Å².